The zero-order valence-electron chi connectivity index (χ0n) is 20.3. The minimum atomic E-state index is -1.12. The summed E-state index contributed by atoms with van der Waals surface area (Å²) in [6, 6.07) is 9.80. The van der Waals surface area contributed by atoms with Crippen LogP contribution in [0.3, 0.4) is 0 Å². The van der Waals surface area contributed by atoms with E-state index < -0.39 is 35.4 Å². The van der Waals surface area contributed by atoms with Gasteiger partial charge in [0.2, 0.25) is 0 Å². The van der Waals surface area contributed by atoms with Gasteiger partial charge in [-0.2, -0.15) is 0 Å². The molecule has 0 bridgehead atoms. The molecule has 1 aliphatic rings. The number of cyclic esters (lactones) is 1. The number of ether oxygens (including phenoxy) is 1. The minimum Gasteiger partial charge on any atom is -0.478 e. The first kappa shape index (κ1) is 25.7. The number of carboxylic acid groups (broad SMARTS) is 1. The van der Waals surface area contributed by atoms with Gasteiger partial charge in [0, 0.05) is 26.7 Å². The van der Waals surface area contributed by atoms with Gasteiger partial charge in [0.15, 0.2) is 0 Å². The van der Waals surface area contributed by atoms with Gasteiger partial charge in [-0.05, 0) is 49.4 Å². The number of likely N-dealkylation sites (N-methyl/N-ethyl adjacent to an activating group) is 1. The molecule has 1 aromatic heterocycles. The van der Waals surface area contributed by atoms with E-state index in [0.29, 0.717) is 12.2 Å². The molecule has 1 saturated heterocycles. The van der Waals surface area contributed by atoms with E-state index in [-0.39, 0.29) is 43.1 Å². The van der Waals surface area contributed by atoms with Gasteiger partial charge >= 0.3 is 23.4 Å². The van der Waals surface area contributed by atoms with Crippen molar-refractivity contribution in [1.29, 1.82) is 0 Å². The van der Waals surface area contributed by atoms with E-state index in [0.717, 1.165) is 9.25 Å². The van der Waals surface area contributed by atoms with Gasteiger partial charge in [-0.3, -0.25) is 4.90 Å². The average Bonchev–Trinajstić information content (AvgIpc) is 3.36. The maximum Gasteiger partial charge on any atom is 0.414 e. The first-order valence-corrected chi connectivity index (χ1v) is 11.6. The van der Waals surface area contributed by atoms with Crippen molar-refractivity contribution >= 4 is 23.4 Å². The van der Waals surface area contributed by atoms with Gasteiger partial charge in [0.25, 0.3) is 0 Å². The number of nitrogens with two attached hydrogens (primary N) is 1. The van der Waals surface area contributed by atoms with Crippen LogP contribution in [0.1, 0.15) is 17.3 Å². The van der Waals surface area contributed by atoms with Gasteiger partial charge < -0.3 is 20.5 Å². The molecular weight excluding hydrogens is 487 g/mol. The molecule has 1 fully saturated rings. The Bertz CT molecular complexity index is 1440. The molecule has 2 heterocycles. The fraction of sp³-hybridized carbons (Fsp3) is 0.333. The lowest BCUT2D eigenvalue weighted by atomic mass is 10.2. The lowest BCUT2D eigenvalue weighted by Crippen LogP contribution is -2.34. The van der Waals surface area contributed by atoms with Crippen LogP contribution in [0.5, 0.6) is 0 Å². The molecule has 37 heavy (non-hydrogen) atoms. The van der Waals surface area contributed by atoms with E-state index in [1.165, 1.54) is 47.0 Å². The first-order valence-electron chi connectivity index (χ1n) is 11.6. The van der Waals surface area contributed by atoms with E-state index in [4.69, 9.17) is 15.6 Å². The monoisotopic (exact) mass is 514 g/mol. The maximum absolute atomic E-state index is 15.1. The number of carbonyl (C=O) groups excluding carboxylic acids is 1. The van der Waals surface area contributed by atoms with Gasteiger partial charge in [-0.1, -0.05) is 0 Å². The Morgan fingerprint density at radius 1 is 1.14 bits per heavy atom. The standard InChI is InChI=1S/C24H27FN6O6/c1-3-28(20-9-8-17(12-19(20)25)29-14-18(13-26)37-24(29)36)10-11-30-23(35)31(22(34)27(30)2)16-6-4-15(5-7-16)21(32)33/h4-9,12,18H,3,10-11,13-14,26H2,1-2H3,(H,32,33)/t18-/m0/s1. The van der Waals surface area contributed by atoms with Crippen molar-refractivity contribution in [3.05, 3.63) is 74.8 Å². The number of aromatic nitrogens is 3. The fourth-order valence-corrected chi connectivity index (χ4v) is 4.23. The third-order valence-corrected chi connectivity index (χ3v) is 6.30. The van der Waals surface area contributed by atoms with Crippen molar-refractivity contribution in [2.45, 2.75) is 19.6 Å². The van der Waals surface area contributed by atoms with Gasteiger partial charge in [0.1, 0.15) is 11.9 Å². The van der Waals surface area contributed by atoms with E-state index in [9.17, 15) is 19.2 Å². The van der Waals surface area contributed by atoms with Crippen molar-refractivity contribution < 1.29 is 23.8 Å². The molecule has 12 nitrogen and oxygen atoms in total. The van der Waals surface area contributed by atoms with Crippen LogP contribution in [-0.2, 0) is 18.3 Å². The molecule has 0 unspecified atom stereocenters. The van der Waals surface area contributed by atoms with Crippen LogP contribution >= 0.6 is 0 Å². The largest absolute Gasteiger partial charge is 0.478 e. The van der Waals surface area contributed by atoms with Gasteiger partial charge in [0.05, 0.1) is 35.7 Å². The SMILES string of the molecule is CCN(CCn1c(=O)n(-c2ccc(C(=O)O)cc2)c(=O)n1C)c1ccc(N2C[C@H](CN)OC2=O)cc1F. The van der Waals surface area contributed by atoms with Crippen molar-refractivity contribution in [3.63, 3.8) is 0 Å². The van der Waals surface area contributed by atoms with Crippen LogP contribution in [0.15, 0.2) is 52.1 Å². The number of anilines is 2. The number of nitrogens with zero attached hydrogens (tertiary/aromatic N) is 5. The zero-order valence-corrected chi connectivity index (χ0v) is 20.3. The highest BCUT2D eigenvalue weighted by Crippen LogP contribution is 2.27. The number of hydrogen-bond donors (Lipinski definition) is 2. The second-order valence-electron chi connectivity index (χ2n) is 8.47. The topological polar surface area (TPSA) is 145 Å². The number of carbonyl (C=O) groups is 2. The highest BCUT2D eigenvalue weighted by molar-refractivity contribution is 5.90. The third kappa shape index (κ3) is 4.85. The molecule has 3 aromatic rings. The quantitative estimate of drug-likeness (QED) is 0.430. The van der Waals surface area contributed by atoms with Crippen molar-refractivity contribution in [1.82, 2.24) is 13.9 Å². The van der Waals surface area contributed by atoms with Gasteiger partial charge in [-0.25, -0.2) is 37.5 Å². The van der Waals surface area contributed by atoms with E-state index in [1.54, 1.807) is 17.0 Å². The average molecular weight is 515 g/mol. The number of benzene rings is 2. The van der Waals surface area contributed by atoms with Crippen molar-refractivity contribution in [2.24, 2.45) is 12.8 Å². The summed E-state index contributed by atoms with van der Waals surface area (Å²) in [6.45, 7) is 2.94. The predicted octanol–water partition coefficient (Wildman–Crippen LogP) is 0.985. The normalized spacial score (nSPS) is 15.2. The zero-order chi connectivity index (χ0) is 26.9. The molecule has 4 rings (SSSR count). The Morgan fingerprint density at radius 2 is 1.81 bits per heavy atom. The first-order chi connectivity index (χ1) is 17.7. The summed E-state index contributed by atoms with van der Waals surface area (Å²) in [4.78, 5) is 52.0. The molecule has 0 aliphatic carbocycles. The molecule has 1 aliphatic heterocycles. The maximum atomic E-state index is 15.1. The number of rotatable bonds is 9. The Morgan fingerprint density at radius 3 is 2.38 bits per heavy atom. The Hall–Kier alpha value is -4.39. The Kier molecular flexibility index (Phi) is 7.16. The van der Waals surface area contributed by atoms with Crippen LogP contribution in [-0.4, -0.2) is 63.4 Å². The molecular formula is C24H27FN6O6. The van der Waals surface area contributed by atoms with Crippen molar-refractivity contribution in [3.8, 4) is 5.69 Å². The number of amides is 1. The van der Waals surface area contributed by atoms with Crippen LogP contribution in [0.4, 0.5) is 20.6 Å². The highest BCUT2D eigenvalue weighted by atomic mass is 19.1. The smallest absolute Gasteiger partial charge is 0.414 e. The highest BCUT2D eigenvalue weighted by Gasteiger charge is 2.32. The molecule has 3 N–H and O–H groups in total. The summed E-state index contributed by atoms with van der Waals surface area (Å²) in [6.07, 6.45) is -1.04. The number of carboxylic acids is 1. The Balaban J connectivity index is 1.54. The van der Waals surface area contributed by atoms with Crippen LogP contribution in [0.25, 0.3) is 5.69 Å². The van der Waals surface area contributed by atoms with Crippen LogP contribution < -0.4 is 26.9 Å². The summed E-state index contributed by atoms with van der Waals surface area (Å²) < 4.78 is 23.6. The van der Waals surface area contributed by atoms with E-state index in [2.05, 4.69) is 0 Å². The van der Waals surface area contributed by atoms with Crippen LogP contribution in [0.2, 0.25) is 0 Å². The summed E-state index contributed by atoms with van der Waals surface area (Å²) in [5.41, 5.74) is 5.24. The number of hydrogen-bond acceptors (Lipinski definition) is 7. The molecule has 2 aromatic carbocycles. The summed E-state index contributed by atoms with van der Waals surface area (Å²) in [7, 11) is 1.45. The molecule has 0 saturated carbocycles. The minimum absolute atomic E-state index is 0.0282. The Labute approximate surface area is 210 Å². The molecule has 196 valence electrons. The molecule has 13 heteroatoms. The third-order valence-electron chi connectivity index (χ3n) is 6.30. The van der Waals surface area contributed by atoms with Crippen molar-refractivity contribution in [2.75, 3.05) is 36.0 Å². The lowest BCUT2D eigenvalue weighted by Gasteiger charge is -2.25. The molecule has 0 radical (unpaired) electrons. The number of halogens is 1. The summed E-state index contributed by atoms with van der Waals surface area (Å²) in [5, 5.41) is 9.07. The van der Waals surface area contributed by atoms with E-state index >= 15 is 4.39 Å². The molecule has 1 amide bonds. The lowest BCUT2D eigenvalue weighted by molar-refractivity contribution is 0.0696. The van der Waals surface area contributed by atoms with Crippen LogP contribution in [0, 0.1) is 5.82 Å². The number of aromatic carboxylic acids is 1. The second kappa shape index (κ2) is 10.3. The fourth-order valence-electron chi connectivity index (χ4n) is 4.23. The summed E-state index contributed by atoms with van der Waals surface area (Å²) in [5.74, 6) is -1.68. The molecule has 0 spiro atoms. The second-order valence-corrected chi connectivity index (χ2v) is 8.47. The summed E-state index contributed by atoms with van der Waals surface area (Å²) >= 11 is 0. The van der Waals surface area contributed by atoms with E-state index in [1.807, 2.05) is 6.92 Å². The van der Waals surface area contributed by atoms with Gasteiger partial charge in [-0.15, -0.1) is 0 Å². The predicted molar refractivity (Wildman–Crippen MR) is 133 cm³/mol. The molecule has 1 atom stereocenters.